The summed E-state index contributed by atoms with van der Waals surface area (Å²) in [5, 5.41) is 3.70. The summed E-state index contributed by atoms with van der Waals surface area (Å²) in [6, 6.07) is 11.4. The minimum absolute atomic E-state index is 0.676. The maximum atomic E-state index is 3.70. The van der Waals surface area contributed by atoms with Crippen molar-refractivity contribution in [3.8, 4) is 0 Å². The van der Waals surface area contributed by atoms with Crippen LogP contribution in [0.2, 0.25) is 0 Å². The van der Waals surface area contributed by atoms with E-state index in [0.29, 0.717) is 6.04 Å². The third-order valence-electron chi connectivity index (χ3n) is 3.10. The highest BCUT2D eigenvalue weighted by Gasteiger charge is 2.09. The Morgan fingerprint density at radius 2 is 1.82 bits per heavy atom. The van der Waals surface area contributed by atoms with E-state index in [4.69, 9.17) is 0 Å². The quantitative estimate of drug-likeness (QED) is 0.702. The van der Waals surface area contributed by atoms with Gasteiger partial charge in [0.05, 0.1) is 0 Å². The maximum absolute atomic E-state index is 3.70. The van der Waals surface area contributed by atoms with Crippen molar-refractivity contribution in [2.45, 2.75) is 59.0 Å². The molecule has 1 aromatic carbocycles. The molecule has 17 heavy (non-hydrogen) atoms. The molecule has 0 aromatic heterocycles. The molecule has 0 fully saturated rings. The van der Waals surface area contributed by atoms with E-state index in [9.17, 15) is 0 Å². The van der Waals surface area contributed by atoms with Crippen molar-refractivity contribution in [2.75, 3.05) is 0 Å². The number of benzene rings is 1. The molecule has 96 valence electrons. The second kappa shape index (κ2) is 8.30. The van der Waals surface area contributed by atoms with Gasteiger partial charge in [-0.25, -0.2) is 0 Å². The Morgan fingerprint density at radius 1 is 1.12 bits per heavy atom. The SMILES string of the molecule is CCCCC(CC(C)C)NCc1ccccc1. The molecule has 1 aromatic rings. The number of rotatable bonds is 8. The lowest BCUT2D eigenvalue weighted by atomic mass is 9.99. The second-order valence-corrected chi connectivity index (χ2v) is 5.34. The van der Waals surface area contributed by atoms with Crippen LogP contribution in [0.15, 0.2) is 30.3 Å². The summed E-state index contributed by atoms with van der Waals surface area (Å²) in [5.41, 5.74) is 1.39. The first kappa shape index (κ1) is 14.2. The number of nitrogens with one attached hydrogen (secondary N) is 1. The molecular formula is C16H27N. The van der Waals surface area contributed by atoms with E-state index in [1.54, 1.807) is 0 Å². The summed E-state index contributed by atoms with van der Waals surface area (Å²) in [7, 11) is 0. The molecule has 0 radical (unpaired) electrons. The lowest BCUT2D eigenvalue weighted by Crippen LogP contribution is -2.30. The summed E-state index contributed by atoms with van der Waals surface area (Å²) >= 11 is 0. The van der Waals surface area contributed by atoms with Gasteiger partial charge in [0.2, 0.25) is 0 Å². The fraction of sp³-hybridized carbons (Fsp3) is 0.625. The van der Waals surface area contributed by atoms with Crippen LogP contribution in [0.4, 0.5) is 0 Å². The minimum atomic E-state index is 0.676. The Balaban J connectivity index is 2.37. The van der Waals surface area contributed by atoms with Crippen LogP contribution in [-0.2, 0) is 6.54 Å². The Kier molecular flexibility index (Phi) is 6.95. The van der Waals surface area contributed by atoms with Gasteiger partial charge in [-0.15, -0.1) is 0 Å². The van der Waals surface area contributed by atoms with Gasteiger partial charge in [0.25, 0.3) is 0 Å². The van der Waals surface area contributed by atoms with Crippen LogP contribution in [0.3, 0.4) is 0 Å². The topological polar surface area (TPSA) is 12.0 Å². The first-order valence-electron chi connectivity index (χ1n) is 6.99. The number of unbranched alkanes of at least 4 members (excludes halogenated alkanes) is 1. The molecule has 0 saturated heterocycles. The molecule has 0 amide bonds. The maximum Gasteiger partial charge on any atom is 0.0208 e. The zero-order chi connectivity index (χ0) is 12.5. The number of hydrogen-bond donors (Lipinski definition) is 1. The third-order valence-corrected chi connectivity index (χ3v) is 3.10. The minimum Gasteiger partial charge on any atom is -0.310 e. The molecule has 1 nitrogen and oxygen atoms in total. The van der Waals surface area contributed by atoms with Gasteiger partial charge in [-0.05, 0) is 24.3 Å². The highest BCUT2D eigenvalue weighted by Crippen LogP contribution is 2.12. The molecule has 1 unspecified atom stereocenters. The first-order valence-corrected chi connectivity index (χ1v) is 6.99. The molecule has 0 aliphatic heterocycles. The van der Waals surface area contributed by atoms with E-state index in [1.165, 1.54) is 31.2 Å². The fourth-order valence-corrected chi connectivity index (χ4v) is 2.18. The van der Waals surface area contributed by atoms with E-state index in [0.717, 1.165) is 12.5 Å². The second-order valence-electron chi connectivity index (χ2n) is 5.34. The van der Waals surface area contributed by atoms with Crippen LogP contribution in [0.5, 0.6) is 0 Å². The van der Waals surface area contributed by atoms with Crippen molar-refractivity contribution in [1.82, 2.24) is 5.32 Å². The summed E-state index contributed by atoms with van der Waals surface area (Å²) in [6.45, 7) is 7.89. The summed E-state index contributed by atoms with van der Waals surface area (Å²) < 4.78 is 0. The average Bonchev–Trinajstić information content (AvgIpc) is 2.33. The van der Waals surface area contributed by atoms with Crippen molar-refractivity contribution in [3.63, 3.8) is 0 Å². The molecule has 0 spiro atoms. The molecule has 0 saturated carbocycles. The zero-order valence-electron chi connectivity index (χ0n) is 11.6. The van der Waals surface area contributed by atoms with Crippen molar-refractivity contribution < 1.29 is 0 Å². The normalized spacial score (nSPS) is 12.9. The molecule has 1 heteroatoms. The standard InChI is InChI=1S/C16H27N/c1-4-5-11-16(12-14(2)3)17-13-15-9-7-6-8-10-15/h6-10,14,16-17H,4-5,11-13H2,1-3H3. The smallest absolute Gasteiger partial charge is 0.0208 e. The monoisotopic (exact) mass is 233 g/mol. The van der Waals surface area contributed by atoms with Crippen LogP contribution in [0.1, 0.15) is 52.0 Å². The molecule has 0 aliphatic carbocycles. The Labute approximate surface area is 107 Å². The summed E-state index contributed by atoms with van der Waals surface area (Å²) in [4.78, 5) is 0. The Hall–Kier alpha value is -0.820. The molecule has 1 N–H and O–H groups in total. The van der Waals surface area contributed by atoms with Gasteiger partial charge in [0.1, 0.15) is 0 Å². The van der Waals surface area contributed by atoms with E-state index < -0.39 is 0 Å². The van der Waals surface area contributed by atoms with Crippen LogP contribution in [-0.4, -0.2) is 6.04 Å². The molecule has 0 bridgehead atoms. The van der Waals surface area contributed by atoms with Gasteiger partial charge in [-0.2, -0.15) is 0 Å². The van der Waals surface area contributed by atoms with E-state index in [2.05, 4.69) is 56.4 Å². The number of hydrogen-bond acceptors (Lipinski definition) is 1. The largest absolute Gasteiger partial charge is 0.310 e. The average molecular weight is 233 g/mol. The van der Waals surface area contributed by atoms with Gasteiger partial charge in [0.15, 0.2) is 0 Å². The molecule has 0 heterocycles. The highest BCUT2D eigenvalue weighted by molar-refractivity contribution is 5.14. The highest BCUT2D eigenvalue weighted by atomic mass is 14.9. The molecular weight excluding hydrogens is 206 g/mol. The van der Waals surface area contributed by atoms with Crippen LogP contribution in [0.25, 0.3) is 0 Å². The van der Waals surface area contributed by atoms with Gasteiger partial charge >= 0.3 is 0 Å². The third kappa shape index (κ3) is 6.48. The van der Waals surface area contributed by atoms with Crippen LogP contribution < -0.4 is 5.32 Å². The van der Waals surface area contributed by atoms with Gasteiger partial charge in [-0.3, -0.25) is 0 Å². The zero-order valence-corrected chi connectivity index (χ0v) is 11.6. The molecule has 1 atom stereocenters. The lowest BCUT2D eigenvalue weighted by molar-refractivity contribution is 0.388. The Morgan fingerprint density at radius 3 is 2.41 bits per heavy atom. The first-order chi connectivity index (χ1) is 8.22. The molecule has 1 rings (SSSR count). The summed E-state index contributed by atoms with van der Waals surface area (Å²) in [5.74, 6) is 0.778. The van der Waals surface area contributed by atoms with Crippen LogP contribution >= 0.6 is 0 Å². The van der Waals surface area contributed by atoms with Gasteiger partial charge in [-0.1, -0.05) is 63.9 Å². The fourth-order valence-electron chi connectivity index (χ4n) is 2.18. The Bertz CT molecular complexity index is 279. The van der Waals surface area contributed by atoms with Crippen molar-refractivity contribution in [1.29, 1.82) is 0 Å². The van der Waals surface area contributed by atoms with Crippen molar-refractivity contribution in [3.05, 3.63) is 35.9 Å². The predicted octanol–water partition coefficient (Wildman–Crippen LogP) is 4.38. The predicted molar refractivity (Wildman–Crippen MR) is 76.0 cm³/mol. The van der Waals surface area contributed by atoms with Gasteiger partial charge < -0.3 is 5.32 Å². The van der Waals surface area contributed by atoms with Crippen LogP contribution in [0, 0.1) is 5.92 Å². The van der Waals surface area contributed by atoms with E-state index in [1.807, 2.05) is 0 Å². The van der Waals surface area contributed by atoms with E-state index >= 15 is 0 Å². The molecule has 0 aliphatic rings. The summed E-state index contributed by atoms with van der Waals surface area (Å²) in [6.07, 6.45) is 5.22. The van der Waals surface area contributed by atoms with Gasteiger partial charge in [0, 0.05) is 12.6 Å². The van der Waals surface area contributed by atoms with Crippen molar-refractivity contribution in [2.24, 2.45) is 5.92 Å². The van der Waals surface area contributed by atoms with E-state index in [-0.39, 0.29) is 0 Å². The van der Waals surface area contributed by atoms with Crippen molar-refractivity contribution >= 4 is 0 Å². The lowest BCUT2D eigenvalue weighted by Gasteiger charge is -2.20.